The number of pyridine rings is 2. The van der Waals surface area contributed by atoms with Crippen molar-refractivity contribution in [1.82, 2.24) is 39.5 Å². The molecule has 0 bridgehead atoms. The van der Waals surface area contributed by atoms with Crippen molar-refractivity contribution in [3.05, 3.63) is 96.7 Å². The van der Waals surface area contributed by atoms with Crippen LogP contribution in [0.5, 0.6) is 0 Å². The van der Waals surface area contributed by atoms with E-state index in [0.29, 0.717) is 36.8 Å². The maximum Gasteiger partial charge on any atom is 0.284 e. The molecule has 0 aromatic carbocycles. The van der Waals surface area contributed by atoms with Crippen LogP contribution in [0.2, 0.25) is 0 Å². The fourth-order valence-electron chi connectivity index (χ4n) is 7.18. The molecular formula is C41H44F4N10O6. The summed E-state index contributed by atoms with van der Waals surface area (Å²) >= 11 is 0. The molecule has 0 unspecified atom stereocenters. The number of halogens is 4. The van der Waals surface area contributed by atoms with Gasteiger partial charge in [0.05, 0.1) is 23.5 Å². The van der Waals surface area contributed by atoms with Gasteiger partial charge in [-0.25, -0.2) is 27.5 Å². The first-order valence-electron chi connectivity index (χ1n) is 19.2. The van der Waals surface area contributed by atoms with Crippen LogP contribution in [0, 0.1) is 11.8 Å². The number of anilines is 2. The normalized spacial score (nSPS) is 18.8. The molecule has 0 saturated heterocycles. The van der Waals surface area contributed by atoms with Gasteiger partial charge in [-0.3, -0.25) is 28.9 Å². The molecule has 0 aliphatic heterocycles. The number of aromatic nitrogens is 8. The zero-order valence-electron chi connectivity index (χ0n) is 31.9. The van der Waals surface area contributed by atoms with E-state index in [1.807, 2.05) is 0 Å². The highest BCUT2D eigenvalue weighted by atomic mass is 19.3. The summed E-state index contributed by atoms with van der Waals surface area (Å²) in [5, 5.41) is 22.2. The minimum Gasteiger partial charge on any atom is -0.444 e. The number of alkyl halides is 4. The van der Waals surface area contributed by atoms with Gasteiger partial charge in [0.1, 0.15) is 18.8 Å². The Labute approximate surface area is 346 Å². The third-order valence-electron chi connectivity index (χ3n) is 10.5. The smallest absolute Gasteiger partial charge is 0.284 e. The average Bonchev–Trinajstić information content (AvgIpc) is 4.12. The standard InChI is InChI=1S/C20H21F2N5O3.C20H19F2N5O3.CH4/c2*21-18(22)17-15(9-27(26-17)14-3-1-12(10-28)2-4-14)24-19(29)16-11-30-20(25-16)13-5-7-23-8-6-13;/h5-9,11-12,14,18,28H,1-4,10H2,(H,24,29);5-12,14,18H,1-4H2,(H,24,29);1H4. The first kappa shape index (κ1) is 44.0. The van der Waals surface area contributed by atoms with Crippen LogP contribution < -0.4 is 10.6 Å². The topological polar surface area (TPSA) is 209 Å². The number of nitrogens with zero attached hydrogens (tertiary/aromatic N) is 8. The SMILES string of the molecule is C.O=C(Nc1cn(C2CCC(CO)CC2)nc1C(F)F)c1coc(-c2ccncc2)n1.O=CC1CCC(n2cc(NC(=O)c3coc(-c4ccncc4)n3)c(C(F)F)n2)CC1. The summed E-state index contributed by atoms with van der Waals surface area (Å²) in [6, 6.07) is 6.57. The Balaban J connectivity index is 0.000000201. The second-order valence-corrected chi connectivity index (χ2v) is 14.4. The van der Waals surface area contributed by atoms with E-state index in [-0.39, 0.29) is 72.5 Å². The van der Waals surface area contributed by atoms with Crippen molar-refractivity contribution in [1.29, 1.82) is 0 Å². The molecule has 2 saturated carbocycles. The molecule has 0 radical (unpaired) electrons. The van der Waals surface area contributed by atoms with Crippen LogP contribution in [0.1, 0.15) is 116 Å². The fraction of sp³-hybridized carbons (Fsp3) is 0.390. The summed E-state index contributed by atoms with van der Waals surface area (Å²) in [6.45, 7) is 0.134. The molecule has 6 aromatic rings. The predicted molar refractivity (Wildman–Crippen MR) is 212 cm³/mol. The second kappa shape index (κ2) is 20.1. The highest BCUT2D eigenvalue weighted by Crippen LogP contribution is 2.36. The van der Waals surface area contributed by atoms with E-state index < -0.39 is 36.1 Å². The quantitative estimate of drug-likeness (QED) is 0.0782. The number of hydrogen-bond donors (Lipinski definition) is 3. The highest BCUT2D eigenvalue weighted by Gasteiger charge is 2.29. The van der Waals surface area contributed by atoms with E-state index >= 15 is 0 Å². The lowest BCUT2D eigenvalue weighted by molar-refractivity contribution is -0.112. The van der Waals surface area contributed by atoms with Gasteiger partial charge < -0.3 is 29.4 Å². The summed E-state index contributed by atoms with van der Waals surface area (Å²) in [7, 11) is 0. The van der Waals surface area contributed by atoms with Crippen molar-refractivity contribution in [2.24, 2.45) is 11.8 Å². The maximum absolute atomic E-state index is 13.5. The van der Waals surface area contributed by atoms with Crippen molar-refractivity contribution in [3.63, 3.8) is 0 Å². The third-order valence-corrected chi connectivity index (χ3v) is 10.5. The third kappa shape index (κ3) is 10.6. The number of hydrogen-bond acceptors (Lipinski definition) is 12. The molecule has 3 N–H and O–H groups in total. The highest BCUT2D eigenvalue weighted by molar-refractivity contribution is 6.03. The molecule has 2 amide bonds. The number of amides is 2. The number of rotatable bonds is 12. The minimum atomic E-state index is -2.85. The molecular weight excluding hydrogens is 805 g/mol. The van der Waals surface area contributed by atoms with Crippen LogP contribution in [0.15, 0.2) is 82.8 Å². The lowest BCUT2D eigenvalue weighted by Crippen LogP contribution is -2.20. The Hall–Kier alpha value is -6.57. The summed E-state index contributed by atoms with van der Waals surface area (Å²) in [5.74, 6) is -0.637. The zero-order valence-corrected chi connectivity index (χ0v) is 31.9. The number of carbonyl (C=O) groups excluding carboxylic acids is 3. The fourth-order valence-corrected chi connectivity index (χ4v) is 7.18. The molecule has 0 atom stereocenters. The molecule has 6 heterocycles. The summed E-state index contributed by atoms with van der Waals surface area (Å²) in [4.78, 5) is 52.0. The average molecular weight is 849 g/mol. The van der Waals surface area contributed by atoms with Crippen molar-refractivity contribution < 1.29 is 45.9 Å². The minimum absolute atomic E-state index is 0. The van der Waals surface area contributed by atoms with Gasteiger partial charge in [-0.2, -0.15) is 10.2 Å². The van der Waals surface area contributed by atoms with Crippen LogP contribution in [-0.4, -0.2) is 69.3 Å². The number of carbonyl (C=O) groups is 3. The first-order valence-corrected chi connectivity index (χ1v) is 19.2. The van der Waals surface area contributed by atoms with Gasteiger partial charge in [-0.15, -0.1) is 0 Å². The zero-order chi connectivity index (χ0) is 42.2. The van der Waals surface area contributed by atoms with Crippen molar-refractivity contribution in [2.75, 3.05) is 17.2 Å². The van der Waals surface area contributed by atoms with Gasteiger partial charge in [0, 0.05) is 60.8 Å². The summed E-state index contributed by atoms with van der Waals surface area (Å²) in [5.41, 5.74) is 0.108. The van der Waals surface area contributed by atoms with Gasteiger partial charge in [-0.05, 0) is 81.5 Å². The molecule has 20 heteroatoms. The largest absolute Gasteiger partial charge is 0.444 e. The van der Waals surface area contributed by atoms with Crippen LogP contribution in [-0.2, 0) is 4.79 Å². The first-order chi connectivity index (χ1) is 29.1. The van der Waals surface area contributed by atoms with E-state index in [1.54, 1.807) is 49.1 Å². The van der Waals surface area contributed by atoms with E-state index in [2.05, 4.69) is 40.8 Å². The van der Waals surface area contributed by atoms with Crippen LogP contribution >= 0.6 is 0 Å². The Morgan fingerprint density at radius 2 is 1.11 bits per heavy atom. The second-order valence-electron chi connectivity index (χ2n) is 14.4. The van der Waals surface area contributed by atoms with E-state index in [1.165, 1.54) is 28.0 Å². The monoisotopic (exact) mass is 848 g/mol. The van der Waals surface area contributed by atoms with Gasteiger partial charge >= 0.3 is 0 Å². The number of nitrogens with one attached hydrogen (secondary N) is 2. The maximum atomic E-state index is 13.5. The number of aliphatic hydroxyl groups is 1. The van der Waals surface area contributed by atoms with E-state index in [9.17, 15) is 37.1 Å². The van der Waals surface area contributed by atoms with Crippen LogP contribution in [0.3, 0.4) is 0 Å². The van der Waals surface area contributed by atoms with Crippen molar-refractivity contribution in [3.8, 4) is 22.9 Å². The summed E-state index contributed by atoms with van der Waals surface area (Å²) < 4.78 is 67.6. The number of aliphatic hydroxyl groups excluding tert-OH is 1. The van der Waals surface area contributed by atoms with Gasteiger partial charge in [0.2, 0.25) is 11.8 Å². The van der Waals surface area contributed by atoms with Crippen molar-refractivity contribution >= 4 is 29.5 Å². The molecule has 0 spiro atoms. The van der Waals surface area contributed by atoms with Gasteiger partial charge in [0.25, 0.3) is 24.7 Å². The van der Waals surface area contributed by atoms with Gasteiger partial charge in [0.15, 0.2) is 22.8 Å². The Kier molecular flexibility index (Phi) is 14.5. The van der Waals surface area contributed by atoms with Gasteiger partial charge in [-0.1, -0.05) is 7.43 Å². The molecule has 322 valence electrons. The van der Waals surface area contributed by atoms with Crippen LogP contribution in [0.25, 0.3) is 22.9 Å². The number of aldehydes is 1. The van der Waals surface area contributed by atoms with E-state index in [4.69, 9.17) is 8.83 Å². The molecule has 2 fully saturated rings. The molecule has 2 aliphatic carbocycles. The molecule has 8 rings (SSSR count). The molecule has 2 aliphatic rings. The van der Waals surface area contributed by atoms with Crippen molar-refractivity contribution in [2.45, 2.75) is 83.7 Å². The Bertz CT molecular complexity index is 2350. The van der Waals surface area contributed by atoms with E-state index in [0.717, 1.165) is 38.2 Å². The predicted octanol–water partition coefficient (Wildman–Crippen LogP) is 8.54. The lowest BCUT2D eigenvalue weighted by Gasteiger charge is -2.27. The Morgan fingerprint density at radius 3 is 1.49 bits per heavy atom. The van der Waals surface area contributed by atoms with Crippen LogP contribution in [0.4, 0.5) is 28.9 Å². The molecule has 6 aromatic heterocycles. The number of oxazole rings is 2. The molecule has 16 nitrogen and oxygen atoms in total. The molecule has 61 heavy (non-hydrogen) atoms. The Morgan fingerprint density at radius 1 is 0.705 bits per heavy atom. The lowest BCUT2D eigenvalue weighted by atomic mass is 9.87. The summed E-state index contributed by atoms with van der Waals surface area (Å²) in [6.07, 6.45) is 12.5.